The third-order valence-electron chi connectivity index (χ3n) is 5.18. The summed E-state index contributed by atoms with van der Waals surface area (Å²) in [7, 11) is 0. The summed E-state index contributed by atoms with van der Waals surface area (Å²) in [4.78, 5) is 21.3. The maximum Gasteiger partial charge on any atom is 0.259 e. The lowest BCUT2D eigenvalue weighted by Crippen LogP contribution is -2.48. The second-order valence-corrected chi connectivity index (χ2v) is 7.93. The number of pyridine rings is 1. The van der Waals surface area contributed by atoms with Crippen LogP contribution in [0.2, 0.25) is 5.02 Å². The molecule has 1 amide bonds. The Morgan fingerprint density at radius 1 is 1.17 bits per heavy atom. The highest BCUT2D eigenvalue weighted by molar-refractivity contribution is 6.31. The van der Waals surface area contributed by atoms with Gasteiger partial charge in [0.05, 0.1) is 11.6 Å². The number of hydrogen-bond acceptors (Lipinski definition) is 5. The largest absolute Gasteiger partial charge is 0.460 e. The smallest absolute Gasteiger partial charge is 0.259 e. The Balaban J connectivity index is 1.52. The van der Waals surface area contributed by atoms with E-state index in [1.165, 1.54) is 0 Å². The van der Waals surface area contributed by atoms with Crippen LogP contribution in [0.3, 0.4) is 0 Å². The summed E-state index contributed by atoms with van der Waals surface area (Å²) in [6.07, 6.45) is 3.31. The minimum absolute atomic E-state index is 0.0729. The molecule has 3 heterocycles. The number of anilines is 1. The fraction of sp³-hybridized carbons (Fsp3) is 0.318. The summed E-state index contributed by atoms with van der Waals surface area (Å²) >= 11 is 6.13. The van der Waals surface area contributed by atoms with Gasteiger partial charge in [-0.25, -0.2) is 0 Å². The van der Waals surface area contributed by atoms with Gasteiger partial charge in [0.25, 0.3) is 5.91 Å². The van der Waals surface area contributed by atoms with Gasteiger partial charge in [-0.3, -0.25) is 9.78 Å². The number of carbonyl (C=O) groups excluding carboxylic acids is 1. The number of halogens is 1. The number of rotatable bonds is 3. The van der Waals surface area contributed by atoms with Crippen LogP contribution >= 0.6 is 11.6 Å². The lowest BCUT2D eigenvalue weighted by molar-refractivity contribution is 0.0747. The summed E-state index contributed by atoms with van der Waals surface area (Å²) in [5.74, 6) is 1.02. The molecule has 1 aromatic carbocycles. The van der Waals surface area contributed by atoms with Gasteiger partial charge < -0.3 is 14.2 Å². The minimum Gasteiger partial charge on any atom is -0.460 e. The second-order valence-electron chi connectivity index (χ2n) is 7.50. The van der Waals surface area contributed by atoms with E-state index >= 15 is 0 Å². The molecule has 1 aliphatic heterocycles. The van der Waals surface area contributed by atoms with E-state index in [9.17, 15) is 4.79 Å². The third kappa shape index (κ3) is 3.79. The molecule has 1 aliphatic rings. The Bertz CT molecular complexity index is 1110. The van der Waals surface area contributed by atoms with Crippen molar-refractivity contribution in [3.05, 3.63) is 58.6 Å². The molecule has 1 saturated heterocycles. The van der Waals surface area contributed by atoms with Gasteiger partial charge in [0.2, 0.25) is 0 Å². The summed E-state index contributed by atoms with van der Waals surface area (Å²) in [6.45, 7) is 6.58. The number of carbonyl (C=O) groups is 1. The van der Waals surface area contributed by atoms with Crippen molar-refractivity contribution in [3.63, 3.8) is 0 Å². The maximum absolute atomic E-state index is 13.1. The van der Waals surface area contributed by atoms with Gasteiger partial charge in [-0.15, -0.1) is 0 Å². The van der Waals surface area contributed by atoms with Crippen molar-refractivity contribution < 1.29 is 9.21 Å². The molecule has 1 fully saturated rings. The number of aromatic nitrogens is 1. The fourth-order valence-corrected chi connectivity index (χ4v) is 3.81. The molecule has 2 aromatic heterocycles. The number of piperazine rings is 1. The van der Waals surface area contributed by atoms with Crippen LogP contribution < -0.4 is 4.90 Å². The second kappa shape index (κ2) is 7.76. The van der Waals surface area contributed by atoms with E-state index in [2.05, 4.69) is 29.8 Å². The lowest BCUT2D eigenvalue weighted by Gasteiger charge is -2.36. The minimum atomic E-state index is -0.0729. The van der Waals surface area contributed by atoms with Crippen molar-refractivity contribution in [3.8, 4) is 6.07 Å². The first-order chi connectivity index (χ1) is 14.0. The molecule has 0 bridgehead atoms. The van der Waals surface area contributed by atoms with Gasteiger partial charge in [0.15, 0.2) is 0 Å². The van der Waals surface area contributed by atoms with Crippen molar-refractivity contribution in [1.82, 2.24) is 9.88 Å². The summed E-state index contributed by atoms with van der Waals surface area (Å²) in [6, 6.07) is 9.40. The molecule has 0 spiro atoms. The Morgan fingerprint density at radius 3 is 2.62 bits per heavy atom. The highest BCUT2D eigenvalue weighted by Gasteiger charge is 2.25. The van der Waals surface area contributed by atoms with Crippen LogP contribution in [-0.2, 0) is 0 Å². The molecular weight excluding hydrogens is 388 g/mol. The molecule has 6 nitrogen and oxygen atoms in total. The van der Waals surface area contributed by atoms with E-state index < -0.39 is 0 Å². The Hall–Kier alpha value is -3.04. The molecule has 4 rings (SSSR count). The first-order valence-corrected chi connectivity index (χ1v) is 9.96. The van der Waals surface area contributed by atoms with Crippen LogP contribution in [0.5, 0.6) is 0 Å². The van der Waals surface area contributed by atoms with E-state index in [0.29, 0.717) is 47.9 Å². The Labute approximate surface area is 174 Å². The quantitative estimate of drug-likeness (QED) is 0.640. The zero-order valence-corrected chi connectivity index (χ0v) is 17.1. The molecule has 3 aromatic rings. The first kappa shape index (κ1) is 19.3. The van der Waals surface area contributed by atoms with Crippen LogP contribution in [0.25, 0.3) is 11.0 Å². The van der Waals surface area contributed by atoms with E-state index in [-0.39, 0.29) is 11.8 Å². The van der Waals surface area contributed by atoms with Crippen LogP contribution in [-0.4, -0.2) is 42.0 Å². The molecule has 7 heteroatoms. The van der Waals surface area contributed by atoms with Gasteiger partial charge in [-0.1, -0.05) is 25.4 Å². The van der Waals surface area contributed by atoms with Gasteiger partial charge in [0.1, 0.15) is 16.9 Å². The fourth-order valence-electron chi connectivity index (χ4n) is 3.58. The predicted octanol–water partition coefficient (Wildman–Crippen LogP) is 4.44. The molecule has 0 aliphatic carbocycles. The maximum atomic E-state index is 13.1. The number of nitriles is 1. The van der Waals surface area contributed by atoms with Gasteiger partial charge in [-0.05, 0) is 24.3 Å². The number of benzene rings is 1. The normalized spacial score (nSPS) is 14.4. The third-order valence-corrected chi connectivity index (χ3v) is 5.40. The average molecular weight is 409 g/mol. The zero-order valence-electron chi connectivity index (χ0n) is 16.4. The van der Waals surface area contributed by atoms with Gasteiger partial charge >= 0.3 is 0 Å². The topological polar surface area (TPSA) is 73.4 Å². The average Bonchev–Trinajstić information content (AvgIpc) is 3.18. The number of fused-ring (bicyclic) bond motifs is 1. The van der Waals surface area contributed by atoms with Crippen molar-refractivity contribution in [2.45, 2.75) is 19.8 Å². The molecule has 148 valence electrons. The van der Waals surface area contributed by atoms with Crippen molar-refractivity contribution in [2.75, 3.05) is 31.1 Å². The van der Waals surface area contributed by atoms with Gasteiger partial charge in [0, 0.05) is 60.6 Å². The Morgan fingerprint density at radius 2 is 1.93 bits per heavy atom. The molecule has 0 saturated carbocycles. The highest BCUT2D eigenvalue weighted by atomic mass is 35.5. The zero-order chi connectivity index (χ0) is 20.5. The number of amides is 1. The standard InChI is InChI=1S/C22H21ClN4O2/c1-14(2)20-9-16-12-25-13-19(21(16)29-20)22(28)27-5-3-26(4-6-27)18-8-15(11-24)7-17(23)10-18/h7-10,12-14H,3-6H2,1-2H3. The highest BCUT2D eigenvalue weighted by Crippen LogP contribution is 2.28. The van der Waals surface area contributed by atoms with Crippen molar-refractivity contribution in [2.24, 2.45) is 0 Å². The first-order valence-electron chi connectivity index (χ1n) is 9.58. The number of nitrogens with zero attached hydrogens (tertiary/aromatic N) is 4. The predicted molar refractivity (Wildman–Crippen MR) is 112 cm³/mol. The van der Waals surface area contributed by atoms with Crippen molar-refractivity contribution >= 4 is 34.2 Å². The molecule has 0 N–H and O–H groups in total. The van der Waals surface area contributed by atoms with E-state index in [1.807, 2.05) is 23.1 Å². The van der Waals surface area contributed by atoms with E-state index in [1.54, 1.807) is 18.5 Å². The molecular formula is C22H21ClN4O2. The number of hydrogen-bond donors (Lipinski definition) is 0. The molecule has 29 heavy (non-hydrogen) atoms. The molecule has 0 atom stereocenters. The van der Waals surface area contributed by atoms with Crippen molar-refractivity contribution in [1.29, 1.82) is 5.26 Å². The van der Waals surface area contributed by atoms with E-state index in [4.69, 9.17) is 21.3 Å². The summed E-state index contributed by atoms with van der Waals surface area (Å²) < 4.78 is 5.96. The molecule has 0 unspecified atom stereocenters. The molecule has 0 radical (unpaired) electrons. The van der Waals surface area contributed by atoms with Gasteiger partial charge in [-0.2, -0.15) is 5.26 Å². The summed E-state index contributed by atoms with van der Waals surface area (Å²) in [5.41, 5.74) is 2.53. The number of furan rings is 1. The van der Waals surface area contributed by atoms with Crippen LogP contribution in [0.4, 0.5) is 5.69 Å². The van der Waals surface area contributed by atoms with Crippen LogP contribution in [0.15, 0.2) is 41.1 Å². The lowest BCUT2D eigenvalue weighted by atomic mass is 10.1. The van der Waals surface area contributed by atoms with Crippen LogP contribution in [0.1, 0.15) is 41.4 Å². The van der Waals surface area contributed by atoms with Crippen LogP contribution in [0, 0.1) is 11.3 Å². The van der Waals surface area contributed by atoms with E-state index in [0.717, 1.165) is 16.8 Å². The monoisotopic (exact) mass is 408 g/mol. The summed E-state index contributed by atoms with van der Waals surface area (Å²) in [5, 5.41) is 10.5. The Kier molecular flexibility index (Phi) is 5.16. The SMILES string of the molecule is CC(C)c1cc2cncc(C(=O)N3CCN(c4cc(Cl)cc(C#N)c4)CC3)c2o1.